The van der Waals surface area contributed by atoms with Crippen LogP contribution in [0.4, 0.5) is 29.3 Å². The minimum atomic E-state index is -4.59. The van der Waals surface area contributed by atoms with Gasteiger partial charge in [-0.2, -0.15) is 13.2 Å². The van der Waals surface area contributed by atoms with Crippen LogP contribution in [0.1, 0.15) is 64.5 Å². The van der Waals surface area contributed by atoms with E-state index < -0.39 is 63.6 Å². The van der Waals surface area contributed by atoms with Gasteiger partial charge in [-0.3, -0.25) is 24.5 Å². The van der Waals surface area contributed by atoms with Crippen molar-refractivity contribution in [2.45, 2.75) is 83.7 Å². The second kappa shape index (κ2) is 14.2. The van der Waals surface area contributed by atoms with Crippen LogP contribution in [0.3, 0.4) is 0 Å². The number of hydrogen-bond acceptors (Lipinski definition) is 7. The Bertz CT molecular complexity index is 1540. The van der Waals surface area contributed by atoms with Gasteiger partial charge in [0.1, 0.15) is 17.7 Å². The fraction of sp³-hybridized carbons (Fsp3) is 0.515. The summed E-state index contributed by atoms with van der Waals surface area (Å²) in [6, 6.07) is 7.69. The molecule has 1 aliphatic carbocycles. The number of benzene rings is 2. The number of amides is 4. The van der Waals surface area contributed by atoms with E-state index in [-0.39, 0.29) is 36.7 Å². The first-order valence-electron chi connectivity index (χ1n) is 15.7. The Balaban J connectivity index is 1.44. The number of alkyl carbamates (subject to hydrolysis) is 1. The number of rotatable bonds is 9. The summed E-state index contributed by atoms with van der Waals surface area (Å²) in [4.78, 5) is 64.8. The zero-order chi connectivity index (χ0) is 35.4. The first-order valence-corrected chi connectivity index (χ1v) is 15.7. The number of anilines is 1. The zero-order valence-electron chi connectivity index (χ0n) is 27.2. The number of ether oxygens (including phenoxy) is 1. The lowest BCUT2D eigenvalue weighted by atomic mass is 9.76. The van der Waals surface area contributed by atoms with Gasteiger partial charge in [-0.05, 0) is 70.7 Å². The molecule has 2 aliphatic rings. The third-order valence-corrected chi connectivity index (χ3v) is 8.70. The average molecular weight is 676 g/mol. The highest BCUT2D eigenvalue weighted by Gasteiger charge is 2.52. The Labute approximate surface area is 275 Å². The first-order chi connectivity index (χ1) is 22.4. The maximum atomic E-state index is 13.9. The van der Waals surface area contributed by atoms with Crippen LogP contribution in [0.2, 0.25) is 0 Å². The Morgan fingerprint density at radius 3 is 2.38 bits per heavy atom. The number of carbonyl (C=O) groups is 4. The number of non-ortho nitro benzene ring substituents is 1. The van der Waals surface area contributed by atoms with Crippen molar-refractivity contribution < 1.29 is 42.0 Å². The van der Waals surface area contributed by atoms with Crippen LogP contribution in [-0.4, -0.2) is 64.4 Å². The van der Waals surface area contributed by atoms with E-state index in [0.717, 1.165) is 12.1 Å². The van der Waals surface area contributed by atoms with E-state index in [0.29, 0.717) is 31.4 Å². The summed E-state index contributed by atoms with van der Waals surface area (Å²) in [5.41, 5.74) is -1.94. The summed E-state index contributed by atoms with van der Waals surface area (Å²) in [5, 5.41) is 18.8. The molecule has 15 heteroatoms. The molecule has 1 saturated carbocycles. The molecule has 2 aromatic carbocycles. The average Bonchev–Trinajstić information content (AvgIpc) is 3.62. The molecule has 0 radical (unpaired) electrons. The van der Waals surface area contributed by atoms with Gasteiger partial charge in [0.2, 0.25) is 17.7 Å². The number of nitro benzene ring substituents is 1. The SMILES string of the molecule is CC(NC(=O)C1CCCC12CCN(C(=O)C(Cc1cccc(C(F)(F)F)c1)NC(=O)OC(C)(C)C)C2)C(=O)Nc1ccc([N+](=O)[O-])cc1. The van der Waals surface area contributed by atoms with E-state index in [2.05, 4.69) is 16.0 Å². The minimum absolute atomic E-state index is 0.132. The lowest BCUT2D eigenvalue weighted by Gasteiger charge is -2.32. The summed E-state index contributed by atoms with van der Waals surface area (Å²) in [7, 11) is 0. The Morgan fingerprint density at radius 1 is 1.06 bits per heavy atom. The molecule has 0 aromatic heterocycles. The smallest absolute Gasteiger partial charge is 0.416 e. The van der Waals surface area contributed by atoms with Crippen LogP contribution in [0.5, 0.6) is 0 Å². The maximum Gasteiger partial charge on any atom is 0.416 e. The fourth-order valence-electron chi connectivity index (χ4n) is 6.40. The molecule has 4 unspecified atom stereocenters. The molecule has 1 aliphatic heterocycles. The largest absolute Gasteiger partial charge is 0.444 e. The van der Waals surface area contributed by atoms with Crippen LogP contribution in [0, 0.1) is 21.4 Å². The fourth-order valence-corrected chi connectivity index (χ4v) is 6.40. The quantitative estimate of drug-likeness (QED) is 0.243. The number of likely N-dealkylation sites (tertiary alicyclic amines) is 1. The highest BCUT2D eigenvalue weighted by molar-refractivity contribution is 5.97. The number of nitro groups is 1. The molecule has 4 rings (SSSR count). The zero-order valence-corrected chi connectivity index (χ0v) is 27.2. The molecule has 2 aromatic rings. The summed E-state index contributed by atoms with van der Waals surface area (Å²) in [6.45, 7) is 6.92. The van der Waals surface area contributed by atoms with Crippen LogP contribution in [0.15, 0.2) is 48.5 Å². The topological polar surface area (TPSA) is 160 Å². The molecule has 3 N–H and O–H groups in total. The number of alkyl halides is 3. The number of halogens is 3. The predicted octanol–water partition coefficient (Wildman–Crippen LogP) is 5.21. The Morgan fingerprint density at radius 2 is 1.75 bits per heavy atom. The van der Waals surface area contributed by atoms with Gasteiger partial charge >= 0.3 is 12.3 Å². The number of nitrogens with zero attached hydrogens (tertiary/aromatic N) is 2. The Hall–Kier alpha value is -4.69. The van der Waals surface area contributed by atoms with E-state index in [1.807, 2.05) is 0 Å². The molecule has 12 nitrogen and oxygen atoms in total. The van der Waals surface area contributed by atoms with Gasteiger partial charge in [-0.25, -0.2) is 4.79 Å². The van der Waals surface area contributed by atoms with Gasteiger partial charge in [0.25, 0.3) is 5.69 Å². The molecule has 4 atom stereocenters. The van der Waals surface area contributed by atoms with Crippen molar-refractivity contribution in [3.8, 4) is 0 Å². The van der Waals surface area contributed by atoms with E-state index in [1.54, 1.807) is 20.8 Å². The monoisotopic (exact) mass is 675 g/mol. The van der Waals surface area contributed by atoms with Crippen LogP contribution < -0.4 is 16.0 Å². The van der Waals surface area contributed by atoms with Crippen LogP contribution in [0.25, 0.3) is 0 Å². The van der Waals surface area contributed by atoms with Crippen molar-refractivity contribution in [3.63, 3.8) is 0 Å². The molecule has 48 heavy (non-hydrogen) atoms. The summed E-state index contributed by atoms with van der Waals surface area (Å²) in [5.74, 6) is -1.87. The molecule has 1 spiro atoms. The summed E-state index contributed by atoms with van der Waals surface area (Å²) in [6.07, 6.45) is -3.30. The lowest BCUT2D eigenvalue weighted by molar-refractivity contribution is -0.384. The van der Waals surface area contributed by atoms with Gasteiger partial charge < -0.3 is 25.6 Å². The van der Waals surface area contributed by atoms with Crippen molar-refractivity contribution >= 4 is 35.2 Å². The van der Waals surface area contributed by atoms with Gasteiger partial charge in [0.05, 0.1) is 10.5 Å². The second-order valence-corrected chi connectivity index (χ2v) is 13.4. The van der Waals surface area contributed by atoms with Crippen molar-refractivity contribution in [3.05, 3.63) is 69.8 Å². The third kappa shape index (κ3) is 9.01. The normalized spacial score (nSPS) is 20.6. The van der Waals surface area contributed by atoms with Gasteiger partial charge in [0.15, 0.2) is 0 Å². The molecular formula is C33H40F3N5O7. The highest BCUT2D eigenvalue weighted by atomic mass is 19.4. The van der Waals surface area contributed by atoms with Crippen molar-refractivity contribution in [1.82, 2.24) is 15.5 Å². The first kappa shape index (κ1) is 36.2. The molecule has 1 heterocycles. The molecule has 260 valence electrons. The van der Waals surface area contributed by atoms with Gasteiger partial charge in [-0.15, -0.1) is 0 Å². The van der Waals surface area contributed by atoms with Crippen molar-refractivity contribution in [2.24, 2.45) is 11.3 Å². The molecule has 4 amide bonds. The molecule has 2 fully saturated rings. The van der Waals surface area contributed by atoms with E-state index in [1.165, 1.54) is 48.2 Å². The highest BCUT2D eigenvalue weighted by Crippen LogP contribution is 2.50. The predicted molar refractivity (Wildman–Crippen MR) is 169 cm³/mol. The minimum Gasteiger partial charge on any atom is -0.444 e. The summed E-state index contributed by atoms with van der Waals surface area (Å²) >= 11 is 0. The number of carbonyl (C=O) groups excluding carboxylic acids is 4. The van der Waals surface area contributed by atoms with Crippen LogP contribution >= 0.6 is 0 Å². The molecular weight excluding hydrogens is 635 g/mol. The van der Waals surface area contributed by atoms with Crippen LogP contribution in [-0.2, 0) is 31.7 Å². The van der Waals surface area contributed by atoms with Gasteiger partial charge in [-0.1, -0.05) is 24.6 Å². The van der Waals surface area contributed by atoms with Gasteiger partial charge in [0, 0.05) is 48.7 Å². The Kier molecular flexibility index (Phi) is 10.7. The standard InChI is InChI=1S/C33H40F3N5O7/c1-20(27(42)38-23-10-12-24(13-11-23)41(46)47)37-28(43)25-9-6-14-32(25)15-16-40(19-32)29(44)26(39-30(45)48-31(2,3)4)18-21-7-5-8-22(17-21)33(34,35)36/h5,7-8,10-13,17,20,25-26H,6,9,14-16,18-19H2,1-4H3,(H,37,43)(H,38,42)(H,39,45). The van der Waals surface area contributed by atoms with E-state index in [9.17, 15) is 42.5 Å². The molecule has 0 bridgehead atoms. The maximum absolute atomic E-state index is 13.9. The van der Waals surface area contributed by atoms with E-state index >= 15 is 0 Å². The van der Waals surface area contributed by atoms with Crippen molar-refractivity contribution in [2.75, 3.05) is 18.4 Å². The second-order valence-electron chi connectivity index (χ2n) is 13.4. The van der Waals surface area contributed by atoms with E-state index in [4.69, 9.17) is 4.74 Å². The number of nitrogens with one attached hydrogen (secondary N) is 3. The third-order valence-electron chi connectivity index (χ3n) is 8.70. The summed E-state index contributed by atoms with van der Waals surface area (Å²) < 4.78 is 45.5. The molecule has 1 saturated heterocycles. The van der Waals surface area contributed by atoms with Crippen molar-refractivity contribution in [1.29, 1.82) is 0 Å². The lowest BCUT2D eigenvalue weighted by Crippen LogP contribution is -2.51. The number of hydrogen-bond donors (Lipinski definition) is 3.